The van der Waals surface area contributed by atoms with Crippen molar-refractivity contribution in [2.24, 2.45) is 0 Å². The molecule has 0 radical (unpaired) electrons. The van der Waals surface area contributed by atoms with Gasteiger partial charge in [-0.3, -0.25) is 4.79 Å². The highest BCUT2D eigenvalue weighted by molar-refractivity contribution is 5.92. The van der Waals surface area contributed by atoms with Crippen LogP contribution in [0, 0.1) is 0 Å². The number of benzene rings is 2. The van der Waals surface area contributed by atoms with E-state index in [0.29, 0.717) is 18.8 Å². The highest BCUT2D eigenvalue weighted by Crippen LogP contribution is 2.20. The molecule has 2 aromatic carbocycles. The van der Waals surface area contributed by atoms with Crippen LogP contribution in [0.15, 0.2) is 79.0 Å². The van der Waals surface area contributed by atoms with E-state index in [9.17, 15) is 4.79 Å². The molecule has 1 aromatic heterocycles. The lowest BCUT2D eigenvalue weighted by Crippen LogP contribution is -2.49. The van der Waals surface area contributed by atoms with Crippen molar-refractivity contribution in [1.82, 2.24) is 9.88 Å². The van der Waals surface area contributed by atoms with E-state index < -0.39 is 0 Å². The topological polar surface area (TPSA) is 48.5 Å². The van der Waals surface area contributed by atoms with E-state index in [1.54, 1.807) is 6.20 Å². The van der Waals surface area contributed by atoms with Crippen LogP contribution in [0.1, 0.15) is 29.0 Å². The van der Waals surface area contributed by atoms with Crippen molar-refractivity contribution in [2.75, 3.05) is 36.4 Å². The van der Waals surface area contributed by atoms with Gasteiger partial charge in [0.2, 0.25) is 0 Å². The van der Waals surface area contributed by atoms with E-state index in [-0.39, 0.29) is 11.9 Å². The summed E-state index contributed by atoms with van der Waals surface area (Å²) in [5, 5.41) is 3.43. The van der Waals surface area contributed by atoms with Gasteiger partial charge in [-0.05, 0) is 36.8 Å². The smallest absolute Gasteiger partial charge is 0.272 e. The minimum absolute atomic E-state index is 0.000342. The van der Waals surface area contributed by atoms with Gasteiger partial charge >= 0.3 is 0 Å². The monoisotopic (exact) mass is 386 g/mol. The third-order valence-electron chi connectivity index (χ3n) is 5.35. The van der Waals surface area contributed by atoms with Gasteiger partial charge in [-0.25, -0.2) is 4.98 Å². The maximum atomic E-state index is 12.8. The number of pyridine rings is 1. The predicted octanol–water partition coefficient (Wildman–Crippen LogP) is 4.22. The summed E-state index contributed by atoms with van der Waals surface area (Å²) in [7, 11) is 0. The molecule has 5 heteroatoms. The van der Waals surface area contributed by atoms with Gasteiger partial charge in [0.05, 0.1) is 11.9 Å². The largest absolute Gasteiger partial charge is 0.377 e. The molecule has 1 unspecified atom stereocenters. The minimum atomic E-state index is 0.000342. The average Bonchev–Trinajstić information content (AvgIpc) is 2.80. The van der Waals surface area contributed by atoms with E-state index in [1.165, 1.54) is 11.3 Å². The molecule has 0 spiro atoms. The van der Waals surface area contributed by atoms with E-state index in [0.717, 1.165) is 18.8 Å². The molecule has 1 atom stereocenters. The van der Waals surface area contributed by atoms with Crippen molar-refractivity contribution < 1.29 is 4.79 Å². The van der Waals surface area contributed by atoms with Crippen molar-refractivity contribution in [1.29, 1.82) is 0 Å². The van der Waals surface area contributed by atoms with Gasteiger partial charge in [0.15, 0.2) is 0 Å². The lowest BCUT2D eigenvalue weighted by atomic mass is 10.1. The third kappa shape index (κ3) is 4.57. The van der Waals surface area contributed by atoms with Crippen molar-refractivity contribution in [2.45, 2.75) is 13.0 Å². The highest BCUT2D eigenvalue weighted by Gasteiger charge is 2.23. The summed E-state index contributed by atoms with van der Waals surface area (Å²) < 4.78 is 0. The fraction of sp³-hybridized carbons (Fsp3) is 0.250. The van der Waals surface area contributed by atoms with Crippen molar-refractivity contribution >= 4 is 17.3 Å². The van der Waals surface area contributed by atoms with E-state index >= 15 is 0 Å². The Kier molecular flexibility index (Phi) is 5.75. The maximum Gasteiger partial charge on any atom is 0.272 e. The molecule has 1 aliphatic heterocycles. The summed E-state index contributed by atoms with van der Waals surface area (Å²) >= 11 is 0. The molecule has 148 valence electrons. The first-order valence-electron chi connectivity index (χ1n) is 10.1. The zero-order valence-electron chi connectivity index (χ0n) is 16.7. The number of para-hydroxylation sites is 1. The molecule has 5 nitrogen and oxygen atoms in total. The van der Waals surface area contributed by atoms with Crippen LogP contribution in [0.2, 0.25) is 0 Å². The molecule has 0 aliphatic carbocycles. The summed E-state index contributed by atoms with van der Waals surface area (Å²) in [6.45, 7) is 5.20. The summed E-state index contributed by atoms with van der Waals surface area (Å²) in [5.74, 6) is 0.000342. The van der Waals surface area contributed by atoms with Crippen LogP contribution in [-0.4, -0.2) is 42.0 Å². The first-order valence-corrected chi connectivity index (χ1v) is 10.1. The Morgan fingerprint density at radius 1 is 0.897 bits per heavy atom. The number of hydrogen-bond donors (Lipinski definition) is 1. The van der Waals surface area contributed by atoms with Gasteiger partial charge in [0.1, 0.15) is 5.69 Å². The van der Waals surface area contributed by atoms with Gasteiger partial charge in [0, 0.05) is 37.9 Å². The van der Waals surface area contributed by atoms with E-state index in [1.807, 2.05) is 53.4 Å². The first-order chi connectivity index (χ1) is 14.2. The predicted molar refractivity (Wildman–Crippen MR) is 117 cm³/mol. The molecule has 0 saturated carbocycles. The number of hydrogen-bond acceptors (Lipinski definition) is 4. The quantitative estimate of drug-likeness (QED) is 0.713. The third-order valence-corrected chi connectivity index (χ3v) is 5.35. The van der Waals surface area contributed by atoms with Gasteiger partial charge in [-0.15, -0.1) is 0 Å². The Balaban J connectivity index is 1.34. The van der Waals surface area contributed by atoms with Gasteiger partial charge in [-0.2, -0.15) is 0 Å². The van der Waals surface area contributed by atoms with E-state index in [2.05, 4.69) is 46.4 Å². The lowest BCUT2D eigenvalue weighted by Gasteiger charge is -2.36. The molecule has 1 amide bonds. The van der Waals surface area contributed by atoms with Crippen LogP contribution >= 0.6 is 0 Å². The minimum Gasteiger partial charge on any atom is -0.377 e. The van der Waals surface area contributed by atoms with Gasteiger partial charge < -0.3 is 15.1 Å². The van der Waals surface area contributed by atoms with Gasteiger partial charge in [-0.1, -0.05) is 48.5 Å². The average molecular weight is 386 g/mol. The second-order valence-electron chi connectivity index (χ2n) is 7.32. The molecular weight excluding hydrogens is 360 g/mol. The number of carbonyl (C=O) groups is 1. The van der Waals surface area contributed by atoms with Crippen LogP contribution in [0.5, 0.6) is 0 Å². The molecule has 3 aromatic rings. The van der Waals surface area contributed by atoms with Crippen molar-refractivity contribution in [3.8, 4) is 0 Å². The Hall–Kier alpha value is -3.34. The summed E-state index contributed by atoms with van der Waals surface area (Å²) in [4.78, 5) is 21.4. The molecular formula is C24H26N4O. The lowest BCUT2D eigenvalue weighted by molar-refractivity contribution is 0.0741. The summed E-state index contributed by atoms with van der Waals surface area (Å²) in [6, 6.07) is 24.5. The SMILES string of the molecule is CC(Nc1ccc(C(=O)N2CCN(c3ccccc3)CC2)nc1)c1ccccc1. The zero-order chi connectivity index (χ0) is 20.1. The molecule has 0 bridgehead atoms. The van der Waals surface area contributed by atoms with Crippen LogP contribution in [0.4, 0.5) is 11.4 Å². The number of aromatic nitrogens is 1. The maximum absolute atomic E-state index is 12.8. The van der Waals surface area contributed by atoms with Crippen molar-refractivity contribution in [3.63, 3.8) is 0 Å². The van der Waals surface area contributed by atoms with Crippen LogP contribution < -0.4 is 10.2 Å². The zero-order valence-corrected chi connectivity index (χ0v) is 16.7. The summed E-state index contributed by atoms with van der Waals surface area (Å²) in [6.07, 6.45) is 1.74. The number of anilines is 2. The van der Waals surface area contributed by atoms with E-state index in [4.69, 9.17) is 0 Å². The van der Waals surface area contributed by atoms with Crippen LogP contribution in [-0.2, 0) is 0 Å². The first kappa shape index (κ1) is 19.0. The molecule has 1 aliphatic rings. The van der Waals surface area contributed by atoms with Crippen LogP contribution in [0.3, 0.4) is 0 Å². The number of carbonyl (C=O) groups excluding carboxylic acids is 1. The number of nitrogens with one attached hydrogen (secondary N) is 1. The number of piperazine rings is 1. The summed E-state index contributed by atoms with van der Waals surface area (Å²) in [5.41, 5.74) is 3.83. The Morgan fingerprint density at radius 2 is 1.55 bits per heavy atom. The second kappa shape index (κ2) is 8.78. The second-order valence-corrected chi connectivity index (χ2v) is 7.32. The van der Waals surface area contributed by atoms with Crippen LogP contribution in [0.25, 0.3) is 0 Å². The van der Waals surface area contributed by atoms with Gasteiger partial charge in [0.25, 0.3) is 5.91 Å². The Bertz CT molecular complexity index is 920. The number of rotatable bonds is 5. The molecule has 29 heavy (non-hydrogen) atoms. The van der Waals surface area contributed by atoms with Crippen molar-refractivity contribution in [3.05, 3.63) is 90.3 Å². The standard InChI is InChI=1S/C24H26N4O/c1-19(20-8-4-2-5-9-20)26-21-12-13-23(25-18-21)24(29)28-16-14-27(15-17-28)22-10-6-3-7-11-22/h2-13,18-19,26H,14-17H2,1H3. The number of nitrogens with zero attached hydrogens (tertiary/aromatic N) is 3. The number of amides is 1. The molecule has 1 N–H and O–H groups in total. The fourth-order valence-electron chi connectivity index (χ4n) is 3.65. The molecule has 1 fully saturated rings. The molecule has 2 heterocycles. The Morgan fingerprint density at radius 3 is 2.17 bits per heavy atom. The normalized spacial score (nSPS) is 15.1. The molecule has 4 rings (SSSR count). The fourth-order valence-corrected chi connectivity index (χ4v) is 3.65. The molecule has 1 saturated heterocycles. The highest BCUT2D eigenvalue weighted by atomic mass is 16.2. The Labute approximate surface area is 172 Å².